The van der Waals surface area contributed by atoms with E-state index in [1.54, 1.807) is 4.57 Å². The second kappa shape index (κ2) is 14.3. The maximum Gasteiger partial charge on any atom is 0.297 e. The lowest BCUT2D eigenvalue weighted by molar-refractivity contribution is -0.114. The first kappa shape index (κ1) is 29.0. The van der Waals surface area contributed by atoms with E-state index >= 15 is 0 Å². The molecule has 0 radical (unpaired) electrons. The number of benzene rings is 1. The first-order valence-electron chi connectivity index (χ1n) is 12.8. The van der Waals surface area contributed by atoms with Crippen LogP contribution in [-0.4, -0.2) is 23.7 Å². The van der Waals surface area contributed by atoms with E-state index in [-0.39, 0.29) is 23.8 Å². The van der Waals surface area contributed by atoms with Gasteiger partial charge in [-0.15, -0.1) is 0 Å². The van der Waals surface area contributed by atoms with Gasteiger partial charge in [-0.1, -0.05) is 36.1 Å². The van der Waals surface area contributed by atoms with Crippen molar-refractivity contribution in [2.45, 2.75) is 80.7 Å². The van der Waals surface area contributed by atoms with Gasteiger partial charge < -0.3 is 19.4 Å². The number of ether oxygens (including phenoxy) is 2. The van der Waals surface area contributed by atoms with E-state index in [0.717, 1.165) is 36.6 Å². The standard InChI is InChI=1S/C30H42N2O4/c1-8-9-17-32-27-20-25(31-24(7)33)13-14-26(27)28(35-18-15-22(4)5)29(30(32)34)36-19-16-23(6)12-10-11-21(2)3/h11,13-16,20H,8-10,12,17-19H2,1-7H3,(H,31,33)/b23-16+. The lowest BCUT2D eigenvalue weighted by atomic mass is 10.1. The number of amides is 1. The van der Waals surface area contributed by atoms with E-state index in [1.807, 2.05) is 44.2 Å². The number of nitrogens with zero attached hydrogens (tertiary/aromatic N) is 1. The van der Waals surface area contributed by atoms with Gasteiger partial charge >= 0.3 is 0 Å². The predicted octanol–water partition coefficient (Wildman–Crippen LogP) is 7.18. The third kappa shape index (κ3) is 8.74. The molecule has 0 aliphatic rings. The molecular weight excluding hydrogens is 452 g/mol. The zero-order valence-electron chi connectivity index (χ0n) is 23.0. The Bertz CT molecular complexity index is 1190. The third-order valence-electron chi connectivity index (χ3n) is 5.70. The van der Waals surface area contributed by atoms with Crippen LogP contribution in [0.3, 0.4) is 0 Å². The van der Waals surface area contributed by atoms with Crippen molar-refractivity contribution >= 4 is 22.5 Å². The minimum atomic E-state index is -0.223. The predicted molar refractivity (Wildman–Crippen MR) is 150 cm³/mol. The fourth-order valence-electron chi connectivity index (χ4n) is 3.74. The van der Waals surface area contributed by atoms with Gasteiger partial charge in [-0.05, 0) is 84.2 Å². The molecule has 0 spiro atoms. The van der Waals surface area contributed by atoms with Crippen molar-refractivity contribution in [3.05, 3.63) is 63.5 Å². The number of fused-ring (bicyclic) bond motifs is 1. The fourth-order valence-corrected chi connectivity index (χ4v) is 3.74. The molecule has 0 saturated carbocycles. The summed E-state index contributed by atoms with van der Waals surface area (Å²) in [5, 5.41) is 3.59. The lowest BCUT2D eigenvalue weighted by Crippen LogP contribution is -2.24. The summed E-state index contributed by atoms with van der Waals surface area (Å²) in [6.07, 6.45) is 9.94. The number of nitrogens with one attached hydrogen (secondary N) is 1. The summed E-state index contributed by atoms with van der Waals surface area (Å²) in [5.74, 6) is 0.495. The molecule has 0 unspecified atom stereocenters. The number of anilines is 1. The molecule has 6 heteroatoms. The number of hydrogen-bond acceptors (Lipinski definition) is 4. The molecule has 6 nitrogen and oxygen atoms in total. The van der Waals surface area contributed by atoms with Crippen LogP contribution in [0.1, 0.15) is 74.1 Å². The van der Waals surface area contributed by atoms with Gasteiger partial charge in [0, 0.05) is 24.5 Å². The first-order chi connectivity index (χ1) is 17.1. The zero-order valence-corrected chi connectivity index (χ0v) is 23.0. The SMILES string of the molecule is CCCCn1c(=O)c(OC/C=C(\C)CCC=C(C)C)c(OCC=C(C)C)c2ccc(NC(C)=O)cc21. The molecule has 196 valence electrons. The summed E-state index contributed by atoms with van der Waals surface area (Å²) in [4.78, 5) is 25.3. The minimum Gasteiger partial charge on any atom is -0.485 e. The van der Waals surface area contributed by atoms with Crippen molar-refractivity contribution in [3.63, 3.8) is 0 Å². The van der Waals surface area contributed by atoms with E-state index in [9.17, 15) is 9.59 Å². The number of carbonyl (C=O) groups excluding carboxylic acids is 1. The number of unbranched alkanes of at least 4 members (excludes halogenated alkanes) is 1. The summed E-state index contributed by atoms with van der Waals surface area (Å²) in [7, 11) is 0. The Morgan fingerprint density at radius 3 is 2.25 bits per heavy atom. The maximum absolute atomic E-state index is 13.7. The molecule has 0 saturated heterocycles. The molecule has 1 amide bonds. The molecule has 2 aromatic rings. The highest BCUT2D eigenvalue weighted by Crippen LogP contribution is 2.34. The maximum atomic E-state index is 13.7. The van der Waals surface area contributed by atoms with Crippen molar-refractivity contribution in [2.75, 3.05) is 18.5 Å². The monoisotopic (exact) mass is 494 g/mol. The molecule has 0 fully saturated rings. The van der Waals surface area contributed by atoms with Crippen molar-refractivity contribution in [2.24, 2.45) is 0 Å². The van der Waals surface area contributed by atoms with Crippen molar-refractivity contribution in [3.8, 4) is 11.5 Å². The Morgan fingerprint density at radius 1 is 0.944 bits per heavy atom. The Hall–Kier alpha value is -3.28. The molecule has 0 aliphatic heterocycles. The van der Waals surface area contributed by atoms with Gasteiger partial charge in [0.1, 0.15) is 13.2 Å². The average molecular weight is 495 g/mol. The van der Waals surface area contributed by atoms with Gasteiger partial charge in [-0.2, -0.15) is 0 Å². The van der Waals surface area contributed by atoms with E-state index < -0.39 is 0 Å². The van der Waals surface area contributed by atoms with Crippen LogP contribution in [0.15, 0.2) is 57.9 Å². The van der Waals surface area contributed by atoms with Crippen molar-refractivity contribution < 1.29 is 14.3 Å². The van der Waals surface area contributed by atoms with Crippen LogP contribution in [0.4, 0.5) is 5.69 Å². The average Bonchev–Trinajstić information content (AvgIpc) is 2.79. The largest absolute Gasteiger partial charge is 0.485 e. The Balaban J connectivity index is 2.55. The van der Waals surface area contributed by atoms with Gasteiger partial charge in [0.05, 0.1) is 5.52 Å². The third-order valence-corrected chi connectivity index (χ3v) is 5.70. The van der Waals surface area contributed by atoms with Crippen LogP contribution in [-0.2, 0) is 11.3 Å². The summed E-state index contributed by atoms with van der Waals surface area (Å²) in [6.45, 7) is 15.0. The molecule has 0 aliphatic carbocycles. The molecule has 2 rings (SSSR count). The van der Waals surface area contributed by atoms with Gasteiger partial charge in [0.25, 0.3) is 5.56 Å². The molecule has 0 bridgehead atoms. The number of carbonyl (C=O) groups is 1. The normalized spacial score (nSPS) is 11.2. The molecule has 1 heterocycles. The summed E-state index contributed by atoms with van der Waals surface area (Å²) in [6, 6.07) is 5.54. The second-order valence-corrected chi connectivity index (χ2v) is 9.66. The summed E-state index contributed by atoms with van der Waals surface area (Å²) in [5.41, 5.74) is 4.78. The topological polar surface area (TPSA) is 69.6 Å². The van der Waals surface area contributed by atoms with Crippen LogP contribution in [0.25, 0.3) is 10.9 Å². The number of pyridine rings is 1. The molecule has 0 atom stereocenters. The van der Waals surface area contributed by atoms with Crippen molar-refractivity contribution in [1.29, 1.82) is 0 Å². The van der Waals surface area contributed by atoms with Gasteiger partial charge in [-0.3, -0.25) is 9.59 Å². The second-order valence-electron chi connectivity index (χ2n) is 9.66. The highest BCUT2D eigenvalue weighted by Gasteiger charge is 2.20. The van der Waals surface area contributed by atoms with E-state index in [1.165, 1.54) is 18.1 Å². The van der Waals surface area contributed by atoms with E-state index in [2.05, 4.69) is 39.1 Å². The Kier molecular flexibility index (Phi) is 11.5. The zero-order chi connectivity index (χ0) is 26.7. The van der Waals surface area contributed by atoms with Gasteiger partial charge in [-0.25, -0.2) is 0 Å². The van der Waals surface area contributed by atoms with Crippen LogP contribution in [0.5, 0.6) is 11.5 Å². The number of hydrogen-bond donors (Lipinski definition) is 1. The van der Waals surface area contributed by atoms with E-state index in [4.69, 9.17) is 9.47 Å². The van der Waals surface area contributed by atoms with Crippen molar-refractivity contribution in [1.82, 2.24) is 4.57 Å². The van der Waals surface area contributed by atoms with Crippen LogP contribution >= 0.6 is 0 Å². The minimum absolute atomic E-state index is 0.163. The molecular formula is C30H42N2O4. The molecule has 1 aromatic carbocycles. The van der Waals surface area contributed by atoms with Crippen LogP contribution in [0.2, 0.25) is 0 Å². The highest BCUT2D eigenvalue weighted by atomic mass is 16.5. The molecule has 36 heavy (non-hydrogen) atoms. The van der Waals surface area contributed by atoms with Gasteiger partial charge in [0.15, 0.2) is 5.75 Å². The smallest absolute Gasteiger partial charge is 0.297 e. The fraction of sp³-hybridized carbons (Fsp3) is 0.467. The number of rotatable bonds is 13. The quantitative estimate of drug-likeness (QED) is 0.300. The van der Waals surface area contributed by atoms with Crippen LogP contribution < -0.4 is 20.3 Å². The lowest BCUT2D eigenvalue weighted by Gasteiger charge is -2.19. The number of aryl methyl sites for hydroxylation is 1. The molecule has 1 N–H and O–H groups in total. The van der Waals surface area contributed by atoms with Crippen LogP contribution in [0, 0.1) is 0 Å². The summed E-state index contributed by atoms with van der Waals surface area (Å²) < 4.78 is 14.0. The summed E-state index contributed by atoms with van der Waals surface area (Å²) >= 11 is 0. The Labute approximate surface area is 215 Å². The molecule has 1 aromatic heterocycles. The van der Waals surface area contributed by atoms with E-state index in [0.29, 0.717) is 30.1 Å². The number of aromatic nitrogens is 1. The Morgan fingerprint density at radius 2 is 1.61 bits per heavy atom. The van der Waals surface area contributed by atoms with Gasteiger partial charge in [0.2, 0.25) is 11.7 Å². The number of allylic oxidation sites excluding steroid dienone is 4. The first-order valence-corrected chi connectivity index (χ1v) is 12.8. The highest BCUT2D eigenvalue weighted by molar-refractivity contribution is 5.94.